The molecule has 8 nitrogen and oxygen atoms in total. The van der Waals surface area contributed by atoms with E-state index in [1.165, 1.54) is 36.7 Å². The van der Waals surface area contributed by atoms with Crippen LogP contribution < -0.4 is 4.90 Å². The molecule has 0 fully saturated rings. The predicted octanol–water partition coefficient (Wildman–Crippen LogP) is 4.23. The van der Waals surface area contributed by atoms with Crippen molar-refractivity contribution >= 4 is 11.7 Å². The van der Waals surface area contributed by atoms with Gasteiger partial charge in [-0.2, -0.15) is 18.4 Å². The van der Waals surface area contributed by atoms with Crippen molar-refractivity contribution in [3.05, 3.63) is 82.6 Å². The zero-order chi connectivity index (χ0) is 26.5. The van der Waals surface area contributed by atoms with Crippen LogP contribution in [-0.2, 0) is 26.4 Å². The highest BCUT2D eigenvalue weighted by Gasteiger charge is 2.37. The molecule has 0 unspecified atom stereocenters. The summed E-state index contributed by atoms with van der Waals surface area (Å²) in [5, 5.41) is 26.5. The number of alkyl halides is 3. The standard InChI is InChI=1S/C25H16F4N6O2/c1-34-12-31-33-23(34)17-4-13(9-30)2-3-16(17)15-7-21(25(27,28)29)32-22(8-15)35-10-19-18(24(35)37)5-14(11-36)6-20(19)26/h2-8,12,36H,10-11H2,1H3. The normalized spacial score (nSPS) is 13.1. The van der Waals surface area contributed by atoms with Gasteiger partial charge in [0, 0.05) is 23.7 Å². The number of nitrogens with zero attached hydrogens (tertiary/aromatic N) is 6. The number of anilines is 1. The second-order valence-corrected chi connectivity index (χ2v) is 8.39. The first-order valence-corrected chi connectivity index (χ1v) is 10.8. The second kappa shape index (κ2) is 8.79. The Balaban J connectivity index is 1.69. The zero-order valence-electron chi connectivity index (χ0n) is 19.1. The highest BCUT2D eigenvalue weighted by atomic mass is 19.4. The summed E-state index contributed by atoms with van der Waals surface area (Å²) >= 11 is 0. The van der Waals surface area contributed by atoms with Gasteiger partial charge in [0.2, 0.25) is 0 Å². The number of nitriles is 1. The summed E-state index contributed by atoms with van der Waals surface area (Å²) in [5.74, 6) is -1.51. The maximum Gasteiger partial charge on any atom is 0.433 e. The minimum atomic E-state index is -4.85. The molecule has 0 aliphatic carbocycles. The molecule has 12 heteroatoms. The lowest BCUT2D eigenvalue weighted by Crippen LogP contribution is -2.25. The summed E-state index contributed by atoms with van der Waals surface area (Å²) in [6.45, 7) is -0.837. The maximum absolute atomic E-state index is 14.6. The van der Waals surface area contributed by atoms with Gasteiger partial charge in [-0.1, -0.05) is 6.07 Å². The summed E-state index contributed by atoms with van der Waals surface area (Å²) in [7, 11) is 1.65. The smallest absolute Gasteiger partial charge is 0.392 e. The largest absolute Gasteiger partial charge is 0.433 e. The Morgan fingerprint density at radius 1 is 1.11 bits per heavy atom. The van der Waals surface area contributed by atoms with E-state index >= 15 is 0 Å². The number of hydrogen-bond acceptors (Lipinski definition) is 6. The van der Waals surface area contributed by atoms with E-state index in [1.54, 1.807) is 11.6 Å². The number of aromatic nitrogens is 4. The summed E-state index contributed by atoms with van der Waals surface area (Å²) < 4.78 is 57.9. The van der Waals surface area contributed by atoms with Crippen molar-refractivity contribution < 1.29 is 27.5 Å². The zero-order valence-corrected chi connectivity index (χ0v) is 19.1. The van der Waals surface area contributed by atoms with E-state index in [-0.39, 0.29) is 40.2 Å². The van der Waals surface area contributed by atoms with Crippen molar-refractivity contribution in [2.24, 2.45) is 7.05 Å². The molecule has 1 aliphatic heterocycles. The van der Waals surface area contributed by atoms with Crippen LogP contribution in [-0.4, -0.2) is 30.8 Å². The van der Waals surface area contributed by atoms with Crippen molar-refractivity contribution in [3.63, 3.8) is 0 Å². The van der Waals surface area contributed by atoms with Crippen LogP contribution in [0, 0.1) is 17.1 Å². The third-order valence-corrected chi connectivity index (χ3v) is 6.02. The van der Waals surface area contributed by atoms with Gasteiger partial charge in [0.05, 0.1) is 24.8 Å². The summed E-state index contributed by atoms with van der Waals surface area (Å²) in [4.78, 5) is 17.7. The minimum Gasteiger partial charge on any atom is -0.392 e. The topological polar surface area (TPSA) is 108 Å². The number of carbonyl (C=O) groups excluding carboxylic acids is 1. The Morgan fingerprint density at radius 3 is 2.54 bits per heavy atom. The van der Waals surface area contributed by atoms with Crippen LogP contribution in [0.1, 0.15) is 32.7 Å². The van der Waals surface area contributed by atoms with Crippen molar-refractivity contribution in [1.82, 2.24) is 19.7 Å². The van der Waals surface area contributed by atoms with Gasteiger partial charge >= 0.3 is 6.18 Å². The van der Waals surface area contributed by atoms with Gasteiger partial charge in [0.25, 0.3) is 5.91 Å². The molecule has 5 rings (SSSR count). The molecule has 1 aliphatic rings. The molecule has 2 aromatic carbocycles. The minimum absolute atomic E-state index is 0.00103. The molecule has 0 radical (unpaired) electrons. The highest BCUT2D eigenvalue weighted by Crippen LogP contribution is 2.39. The van der Waals surface area contributed by atoms with Gasteiger partial charge in [-0.15, -0.1) is 10.2 Å². The molecule has 0 atom stereocenters. The summed E-state index contributed by atoms with van der Waals surface area (Å²) in [6, 6.07) is 10.9. The van der Waals surface area contributed by atoms with E-state index in [0.717, 1.165) is 17.0 Å². The molecule has 186 valence electrons. The molecule has 4 aromatic rings. The third-order valence-electron chi connectivity index (χ3n) is 6.02. The molecule has 1 N–H and O–H groups in total. The number of carbonyl (C=O) groups is 1. The lowest BCUT2D eigenvalue weighted by Gasteiger charge is -2.19. The summed E-state index contributed by atoms with van der Waals surface area (Å²) in [6.07, 6.45) is -3.44. The van der Waals surface area contributed by atoms with Crippen LogP contribution in [0.3, 0.4) is 0 Å². The van der Waals surface area contributed by atoms with Crippen molar-refractivity contribution in [1.29, 1.82) is 5.26 Å². The van der Waals surface area contributed by atoms with Crippen molar-refractivity contribution in [2.75, 3.05) is 4.90 Å². The average Bonchev–Trinajstić information content (AvgIpc) is 3.46. The molecular weight excluding hydrogens is 492 g/mol. The Hall–Kier alpha value is -4.63. The van der Waals surface area contributed by atoms with E-state index in [9.17, 15) is 32.7 Å². The number of hydrogen-bond donors (Lipinski definition) is 1. The number of benzene rings is 2. The Bertz CT molecular complexity index is 1610. The number of aryl methyl sites for hydroxylation is 1. The Labute approximate surface area is 207 Å². The number of pyridine rings is 1. The van der Waals surface area contributed by atoms with E-state index in [0.29, 0.717) is 17.0 Å². The van der Waals surface area contributed by atoms with Gasteiger partial charge in [0.1, 0.15) is 23.7 Å². The Kier molecular flexibility index (Phi) is 5.72. The monoisotopic (exact) mass is 508 g/mol. The molecule has 3 heterocycles. The van der Waals surface area contributed by atoms with Crippen molar-refractivity contribution in [2.45, 2.75) is 19.3 Å². The first-order valence-electron chi connectivity index (χ1n) is 10.8. The molecule has 1 amide bonds. The van der Waals surface area contributed by atoms with Gasteiger partial charge in [-0.05, 0) is 53.1 Å². The molecule has 37 heavy (non-hydrogen) atoms. The first-order chi connectivity index (χ1) is 17.6. The van der Waals surface area contributed by atoms with Gasteiger partial charge in [-0.25, -0.2) is 9.37 Å². The van der Waals surface area contributed by atoms with Crippen LogP contribution >= 0.6 is 0 Å². The maximum atomic E-state index is 14.6. The fraction of sp³-hybridized carbons (Fsp3) is 0.160. The summed E-state index contributed by atoms with van der Waals surface area (Å²) in [5.41, 5.74) is -0.193. The van der Waals surface area contributed by atoms with Crippen LogP contribution in [0.4, 0.5) is 23.4 Å². The first kappa shape index (κ1) is 24.1. The predicted molar refractivity (Wildman–Crippen MR) is 122 cm³/mol. The van der Waals surface area contributed by atoms with E-state index in [1.807, 2.05) is 6.07 Å². The number of aliphatic hydroxyl groups excluding tert-OH is 1. The number of fused-ring (bicyclic) bond motifs is 1. The van der Waals surface area contributed by atoms with Crippen LogP contribution in [0.25, 0.3) is 22.5 Å². The Morgan fingerprint density at radius 2 is 1.89 bits per heavy atom. The number of halogens is 4. The SMILES string of the molecule is Cn1cnnc1-c1cc(C#N)ccc1-c1cc(N2Cc3c(F)cc(CO)cc3C2=O)nc(C(F)(F)F)c1. The average molecular weight is 508 g/mol. The molecule has 0 bridgehead atoms. The van der Waals surface area contributed by atoms with Gasteiger partial charge in [0.15, 0.2) is 5.82 Å². The second-order valence-electron chi connectivity index (χ2n) is 8.39. The molecule has 0 saturated carbocycles. The van der Waals surface area contributed by atoms with E-state index in [4.69, 9.17) is 0 Å². The van der Waals surface area contributed by atoms with Crippen molar-refractivity contribution in [3.8, 4) is 28.6 Å². The molecule has 0 spiro atoms. The molecule has 0 saturated heterocycles. The van der Waals surface area contributed by atoms with Gasteiger partial charge in [-0.3, -0.25) is 9.69 Å². The van der Waals surface area contributed by atoms with Crippen LogP contribution in [0.2, 0.25) is 0 Å². The van der Waals surface area contributed by atoms with E-state index in [2.05, 4.69) is 15.2 Å². The number of amides is 1. The fourth-order valence-electron chi connectivity index (χ4n) is 4.23. The third kappa shape index (κ3) is 4.19. The highest BCUT2D eigenvalue weighted by molar-refractivity contribution is 6.10. The van der Waals surface area contributed by atoms with Crippen LogP contribution in [0.5, 0.6) is 0 Å². The number of rotatable bonds is 4. The lowest BCUT2D eigenvalue weighted by atomic mass is 9.96. The quantitative estimate of drug-likeness (QED) is 0.414. The van der Waals surface area contributed by atoms with E-state index < -0.39 is 30.2 Å². The molecule has 2 aromatic heterocycles. The van der Waals surface area contributed by atoms with Crippen LogP contribution in [0.15, 0.2) is 48.8 Å². The number of aliphatic hydroxyl groups is 1. The fourth-order valence-corrected chi connectivity index (χ4v) is 4.23. The molecular formula is C25H16F4N6O2. The lowest BCUT2D eigenvalue weighted by molar-refractivity contribution is -0.141. The van der Waals surface area contributed by atoms with Gasteiger partial charge < -0.3 is 9.67 Å².